The van der Waals surface area contributed by atoms with E-state index in [1.54, 1.807) is 16.7 Å². The van der Waals surface area contributed by atoms with Crippen LogP contribution >= 0.6 is 11.8 Å². The van der Waals surface area contributed by atoms with Crippen LogP contribution in [0.2, 0.25) is 0 Å². The van der Waals surface area contributed by atoms with Gasteiger partial charge in [0, 0.05) is 23.7 Å². The minimum absolute atomic E-state index is 0.0284. The van der Waals surface area contributed by atoms with E-state index in [0.29, 0.717) is 12.3 Å². The lowest BCUT2D eigenvalue weighted by molar-refractivity contribution is -0.153. The number of hydrogen-bond acceptors (Lipinski definition) is 5. The van der Waals surface area contributed by atoms with Crippen molar-refractivity contribution in [3.8, 4) is 0 Å². The lowest BCUT2D eigenvalue weighted by Crippen LogP contribution is -2.40. The molecule has 0 spiro atoms. The van der Waals surface area contributed by atoms with Crippen LogP contribution in [0.25, 0.3) is 0 Å². The zero-order chi connectivity index (χ0) is 20.4. The van der Waals surface area contributed by atoms with Crippen LogP contribution in [0.3, 0.4) is 0 Å². The monoisotopic (exact) mass is 410 g/mol. The van der Waals surface area contributed by atoms with Crippen LogP contribution in [0.4, 0.5) is 11.4 Å². The molecular formula is C22H22N2O4S. The number of para-hydroxylation sites is 2. The average Bonchev–Trinajstić information content (AvgIpc) is 3.16. The largest absolute Gasteiger partial charge is 0.452 e. The number of rotatable bonds is 5. The second-order valence-electron chi connectivity index (χ2n) is 7.05. The van der Waals surface area contributed by atoms with E-state index in [1.165, 1.54) is 11.8 Å². The number of nitrogens with zero attached hydrogens (tertiary/aromatic N) is 2. The molecule has 4 rings (SSSR count). The van der Waals surface area contributed by atoms with Gasteiger partial charge in [-0.3, -0.25) is 14.4 Å². The van der Waals surface area contributed by atoms with Crippen LogP contribution in [0.5, 0.6) is 0 Å². The van der Waals surface area contributed by atoms with Gasteiger partial charge < -0.3 is 14.5 Å². The number of ether oxygens (including phenoxy) is 1. The van der Waals surface area contributed by atoms with Crippen molar-refractivity contribution >= 4 is 40.9 Å². The van der Waals surface area contributed by atoms with E-state index in [1.807, 2.05) is 48.5 Å². The molecule has 1 atom stereocenters. The molecule has 2 aromatic carbocycles. The summed E-state index contributed by atoms with van der Waals surface area (Å²) in [5, 5.41) is 0. The van der Waals surface area contributed by atoms with Crippen molar-refractivity contribution in [2.45, 2.75) is 30.8 Å². The van der Waals surface area contributed by atoms with Crippen molar-refractivity contribution in [2.24, 2.45) is 0 Å². The smallest absolute Gasteiger partial charge is 0.308 e. The first kappa shape index (κ1) is 19.5. The maximum atomic E-state index is 12.7. The number of anilines is 2. The Bertz CT molecular complexity index is 961. The van der Waals surface area contributed by atoms with Crippen LogP contribution in [-0.2, 0) is 25.5 Å². The number of carbonyl (C=O) groups is 3. The molecule has 2 aromatic rings. The Labute approximate surface area is 173 Å². The van der Waals surface area contributed by atoms with Crippen LogP contribution < -0.4 is 9.80 Å². The van der Waals surface area contributed by atoms with Crippen molar-refractivity contribution in [1.29, 1.82) is 0 Å². The highest BCUT2D eigenvalue weighted by molar-refractivity contribution is 8.00. The van der Waals surface area contributed by atoms with Gasteiger partial charge in [0.1, 0.15) is 0 Å². The molecule has 2 aliphatic rings. The Morgan fingerprint density at radius 1 is 1.10 bits per heavy atom. The van der Waals surface area contributed by atoms with E-state index in [0.717, 1.165) is 28.3 Å². The molecule has 6 nitrogen and oxygen atoms in total. The Morgan fingerprint density at radius 3 is 2.66 bits per heavy atom. The SMILES string of the molecule is C[C@@H](OC(=O)CCN1C(=O)CSc2ccccc21)C(=O)N1CCc2ccccc21. The summed E-state index contributed by atoms with van der Waals surface area (Å²) in [5.41, 5.74) is 2.83. The van der Waals surface area contributed by atoms with Gasteiger partial charge in [-0.25, -0.2) is 0 Å². The molecule has 2 heterocycles. The van der Waals surface area contributed by atoms with E-state index in [4.69, 9.17) is 4.74 Å². The highest BCUT2D eigenvalue weighted by atomic mass is 32.2. The second kappa shape index (κ2) is 8.29. The van der Waals surface area contributed by atoms with Gasteiger partial charge in [0.05, 0.1) is 17.9 Å². The molecule has 2 amide bonds. The minimum Gasteiger partial charge on any atom is -0.452 e. The lowest BCUT2D eigenvalue weighted by atomic mass is 10.2. The fourth-order valence-electron chi connectivity index (χ4n) is 3.70. The van der Waals surface area contributed by atoms with E-state index < -0.39 is 12.1 Å². The molecule has 0 saturated carbocycles. The summed E-state index contributed by atoms with van der Waals surface area (Å²) in [6.07, 6.45) is -0.0238. The third-order valence-corrected chi connectivity index (χ3v) is 6.20. The van der Waals surface area contributed by atoms with Crippen LogP contribution in [-0.4, -0.2) is 42.7 Å². The maximum Gasteiger partial charge on any atom is 0.308 e. The summed E-state index contributed by atoms with van der Waals surface area (Å²) in [6.45, 7) is 2.43. The Kier molecular flexibility index (Phi) is 5.58. The molecule has 29 heavy (non-hydrogen) atoms. The summed E-state index contributed by atoms with van der Waals surface area (Å²) in [6, 6.07) is 15.4. The minimum atomic E-state index is -0.867. The number of carbonyl (C=O) groups excluding carboxylic acids is 3. The predicted molar refractivity (Wildman–Crippen MR) is 112 cm³/mol. The van der Waals surface area contributed by atoms with E-state index in [9.17, 15) is 14.4 Å². The summed E-state index contributed by atoms with van der Waals surface area (Å²) in [7, 11) is 0. The molecule has 2 aliphatic heterocycles. The third kappa shape index (κ3) is 4.00. The topological polar surface area (TPSA) is 66.9 Å². The summed E-state index contributed by atoms with van der Waals surface area (Å²) in [5.74, 6) is -0.379. The number of amides is 2. The van der Waals surface area contributed by atoms with Gasteiger partial charge in [0.2, 0.25) is 5.91 Å². The van der Waals surface area contributed by atoms with Crippen LogP contribution in [0.1, 0.15) is 18.9 Å². The molecular weight excluding hydrogens is 388 g/mol. The van der Waals surface area contributed by atoms with Gasteiger partial charge in [0.25, 0.3) is 5.91 Å². The average molecular weight is 410 g/mol. The first-order valence-electron chi connectivity index (χ1n) is 9.65. The van der Waals surface area contributed by atoms with Gasteiger partial charge in [-0.1, -0.05) is 30.3 Å². The predicted octanol–water partition coefficient (Wildman–Crippen LogP) is 3.04. The van der Waals surface area contributed by atoms with Gasteiger partial charge in [-0.15, -0.1) is 11.8 Å². The van der Waals surface area contributed by atoms with Gasteiger partial charge in [-0.2, -0.15) is 0 Å². The Hall–Kier alpha value is -2.80. The van der Waals surface area contributed by atoms with Crippen molar-refractivity contribution in [3.05, 3.63) is 54.1 Å². The van der Waals surface area contributed by atoms with Crippen LogP contribution in [0.15, 0.2) is 53.4 Å². The number of hydrogen-bond donors (Lipinski definition) is 0. The fraction of sp³-hybridized carbons (Fsp3) is 0.318. The maximum absolute atomic E-state index is 12.7. The number of fused-ring (bicyclic) bond motifs is 2. The summed E-state index contributed by atoms with van der Waals surface area (Å²) < 4.78 is 5.38. The number of benzene rings is 2. The molecule has 0 saturated heterocycles. The van der Waals surface area contributed by atoms with Gasteiger partial charge >= 0.3 is 5.97 Å². The van der Waals surface area contributed by atoms with Crippen molar-refractivity contribution in [1.82, 2.24) is 0 Å². The Balaban J connectivity index is 1.34. The molecule has 0 aliphatic carbocycles. The van der Waals surface area contributed by atoms with Gasteiger partial charge in [-0.05, 0) is 37.1 Å². The van der Waals surface area contributed by atoms with E-state index in [-0.39, 0.29) is 24.8 Å². The highest BCUT2D eigenvalue weighted by Crippen LogP contribution is 2.35. The van der Waals surface area contributed by atoms with Crippen molar-refractivity contribution < 1.29 is 19.1 Å². The third-order valence-electron chi connectivity index (χ3n) is 5.16. The quantitative estimate of drug-likeness (QED) is 0.709. The molecule has 7 heteroatoms. The first-order valence-corrected chi connectivity index (χ1v) is 10.6. The molecule has 0 aromatic heterocycles. The number of thioether (sulfide) groups is 1. The van der Waals surface area contributed by atoms with Crippen LogP contribution in [0, 0.1) is 0 Å². The molecule has 0 radical (unpaired) electrons. The second-order valence-corrected chi connectivity index (χ2v) is 8.07. The number of esters is 1. The van der Waals surface area contributed by atoms with Gasteiger partial charge in [0.15, 0.2) is 6.10 Å². The molecule has 0 unspecified atom stereocenters. The summed E-state index contributed by atoms with van der Waals surface area (Å²) >= 11 is 1.50. The summed E-state index contributed by atoms with van der Waals surface area (Å²) in [4.78, 5) is 41.7. The Morgan fingerprint density at radius 2 is 1.83 bits per heavy atom. The zero-order valence-corrected chi connectivity index (χ0v) is 17.0. The first-order chi connectivity index (χ1) is 14.0. The fourth-order valence-corrected chi connectivity index (χ4v) is 4.63. The van der Waals surface area contributed by atoms with Crippen molar-refractivity contribution in [2.75, 3.05) is 28.6 Å². The molecule has 0 N–H and O–H groups in total. The molecule has 150 valence electrons. The normalized spacial score (nSPS) is 16.2. The molecule has 0 fully saturated rings. The zero-order valence-electron chi connectivity index (χ0n) is 16.2. The standard InChI is InChI=1S/C22H22N2O4S/c1-15(22(27)24-12-10-16-6-2-3-7-17(16)24)28-21(26)11-13-23-18-8-4-5-9-19(18)29-14-20(23)25/h2-9,15H,10-14H2,1H3/t15-/m1/s1. The molecule has 0 bridgehead atoms. The lowest BCUT2D eigenvalue weighted by Gasteiger charge is -2.28. The van der Waals surface area contributed by atoms with E-state index in [2.05, 4.69) is 0 Å². The highest BCUT2D eigenvalue weighted by Gasteiger charge is 2.30. The van der Waals surface area contributed by atoms with E-state index >= 15 is 0 Å². The van der Waals surface area contributed by atoms with Crippen molar-refractivity contribution in [3.63, 3.8) is 0 Å².